The van der Waals surface area contributed by atoms with Crippen LogP contribution in [0.15, 0.2) is 53.7 Å². The van der Waals surface area contributed by atoms with Crippen LogP contribution >= 0.6 is 0 Å². The van der Waals surface area contributed by atoms with E-state index in [1.165, 1.54) is 0 Å². The Morgan fingerprint density at radius 2 is 1.72 bits per heavy atom. The summed E-state index contributed by atoms with van der Waals surface area (Å²) in [5.41, 5.74) is 0.799. The topological polar surface area (TPSA) is 59.0 Å². The lowest BCUT2D eigenvalue weighted by atomic mass is 9.63. The Hall–Kier alpha value is -2.95. The minimum Gasteiger partial charge on any atom is -0.493 e. The van der Waals surface area contributed by atoms with Crippen LogP contribution < -0.4 is 4.74 Å². The highest BCUT2D eigenvalue weighted by atomic mass is 16.5. The molecule has 29 heavy (non-hydrogen) atoms. The van der Waals surface area contributed by atoms with E-state index in [1.807, 2.05) is 36.4 Å². The summed E-state index contributed by atoms with van der Waals surface area (Å²) in [5.74, 6) is 0.245. The molecule has 0 unspecified atom stereocenters. The molecule has 4 aliphatic rings. The molecular formula is C24H24N2O3. The van der Waals surface area contributed by atoms with Gasteiger partial charge in [-0.25, -0.2) is 0 Å². The average molecular weight is 388 g/mol. The molecule has 0 radical (unpaired) electrons. The van der Waals surface area contributed by atoms with Gasteiger partial charge in [-0.3, -0.25) is 9.59 Å². The predicted molar refractivity (Wildman–Crippen MR) is 112 cm³/mol. The van der Waals surface area contributed by atoms with Crippen molar-refractivity contribution in [1.29, 1.82) is 0 Å². The van der Waals surface area contributed by atoms with Crippen LogP contribution in [0.2, 0.25) is 0 Å². The molecule has 2 fully saturated rings. The van der Waals surface area contributed by atoms with Gasteiger partial charge in [0.05, 0.1) is 24.7 Å². The molecule has 2 bridgehead atoms. The van der Waals surface area contributed by atoms with E-state index in [9.17, 15) is 9.59 Å². The maximum absolute atomic E-state index is 13.0. The standard InChI is InChI=1S/C24H24N2O3/c1-2-13-29-20-12-11-15-5-3-4-6-18(15)19(20)14-25-26-23(27)21-16-7-8-17(10-9-16)22(21)24(26)28/h3-8,11-12,14,16-17,21-22H,2,9-10,13H2,1H3/b25-14-/t16-,17-,21-,22-/m0/s1. The zero-order chi connectivity index (χ0) is 20.0. The quantitative estimate of drug-likeness (QED) is 0.439. The number of rotatable bonds is 5. The van der Waals surface area contributed by atoms with Crippen molar-refractivity contribution >= 4 is 28.8 Å². The Morgan fingerprint density at radius 3 is 2.38 bits per heavy atom. The molecule has 6 rings (SSSR count). The molecular weight excluding hydrogens is 364 g/mol. The molecule has 4 atom stereocenters. The maximum Gasteiger partial charge on any atom is 0.254 e. The fraction of sp³-hybridized carbons (Fsp3) is 0.375. The SMILES string of the molecule is CCCOc1ccc2ccccc2c1/C=N\N1C(=O)[C@@H]2[C@@H](C1=O)[C@H]1C=C[C@H]2CC1. The third-order valence-corrected chi connectivity index (χ3v) is 6.43. The molecule has 5 heteroatoms. The summed E-state index contributed by atoms with van der Waals surface area (Å²) >= 11 is 0. The van der Waals surface area contributed by atoms with Gasteiger partial charge >= 0.3 is 0 Å². The third-order valence-electron chi connectivity index (χ3n) is 6.43. The molecule has 2 amide bonds. The molecule has 3 aliphatic carbocycles. The second kappa shape index (κ2) is 7.14. The Balaban J connectivity index is 1.51. The Labute approximate surface area is 170 Å². The second-order valence-corrected chi connectivity index (χ2v) is 8.12. The lowest BCUT2D eigenvalue weighted by molar-refractivity contribution is -0.140. The van der Waals surface area contributed by atoms with Gasteiger partial charge in [0.2, 0.25) is 0 Å². The van der Waals surface area contributed by atoms with Crippen LogP contribution in [0.5, 0.6) is 5.75 Å². The lowest BCUT2D eigenvalue weighted by Crippen LogP contribution is -2.38. The molecule has 1 aliphatic heterocycles. The van der Waals surface area contributed by atoms with E-state index in [4.69, 9.17) is 4.74 Å². The summed E-state index contributed by atoms with van der Waals surface area (Å²) in [6, 6.07) is 11.9. The largest absolute Gasteiger partial charge is 0.493 e. The molecule has 2 aromatic rings. The first-order valence-electron chi connectivity index (χ1n) is 10.4. The first kappa shape index (κ1) is 18.1. The first-order valence-corrected chi connectivity index (χ1v) is 10.4. The number of ether oxygens (including phenoxy) is 1. The summed E-state index contributed by atoms with van der Waals surface area (Å²) in [6.45, 7) is 2.65. The van der Waals surface area contributed by atoms with E-state index in [0.717, 1.165) is 40.6 Å². The molecule has 0 N–H and O–H groups in total. The van der Waals surface area contributed by atoms with Crippen LogP contribution in [-0.4, -0.2) is 29.6 Å². The monoisotopic (exact) mass is 388 g/mol. The van der Waals surface area contributed by atoms with E-state index in [0.29, 0.717) is 12.4 Å². The van der Waals surface area contributed by atoms with Crippen molar-refractivity contribution in [3.63, 3.8) is 0 Å². The number of carbonyl (C=O) groups is 2. The van der Waals surface area contributed by atoms with E-state index < -0.39 is 0 Å². The van der Waals surface area contributed by atoms with Gasteiger partial charge in [0.15, 0.2) is 0 Å². The van der Waals surface area contributed by atoms with E-state index in [1.54, 1.807) is 6.21 Å². The van der Waals surface area contributed by atoms with Gasteiger partial charge in [0.1, 0.15) is 5.75 Å². The van der Waals surface area contributed by atoms with Gasteiger partial charge < -0.3 is 4.74 Å². The summed E-state index contributed by atoms with van der Waals surface area (Å²) in [5, 5.41) is 7.56. The molecule has 1 heterocycles. The van der Waals surface area contributed by atoms with Gasteiger partial charge in [-0.15, -0.1) is 0 Å². The highest BCUT2D eigenvalue weighted by Crippen LogP contribution is 2.49. The normalized spacial score (nSPS) is 28.0. The Morgan fingerprint density at radius 1 is 1.03 bits per heavy atom. The van der Waals surface area contributed by atoms with Crippen LogP contribution in [0.1, 0.15) is 31.7 Å². The summed E-state index contributed by atoms with van der Waals surface area (Å²) in [4.78, 5) is 26.0. The minimum absolute atomic E-state index is 0.161. The molecule has 1 saturated heterocycles. The number of hydrogen-bond acceptors (Lipinski definition) is 4. The van der Waals surface area contributed by atoms with Gasteiger partial charge in [0, 0.05) is 5.56 Å². The van der Waals surface area contributed by atoms with Crippen molar-refractivity contribution in [3.05, 3.63) is 54.1 Å². The van der Waals surface area contributed by atoms with Crippen LogP contribution in [0.4, 0.5) is 0 Å². The number of amides is 2. The summed E-state index contributed by atoms with van der Waals surface area (Å²) in [6.07, 6.45) is 8.72. The number of imide groups is 1. The zero-order valence-electron chi connectivity index (χ0n) is 16.5. The maximum atomic E-state index is 13.0. The highest BCUT2D eigenvalue weighted by molar-refractivity contribution is 6.08. The van der Waals surface area contributed by atoms with Gasteiger partial charge in [-0.05, 0) is 47.9 Å². The van der Waals surface area contributed by atoms with Crippen molar-refractivity contribution in [2.45, 2.75) is 26.2 Å². The number of hydrogen-bond donors (Lipinski definition) is 0. The number of nitrogens with zero attached hydrogens (tertiary/aromatic N) is 2. The lowest BCUT2D eigenvalue weighted by Gasteiger charge is -2.37. The first-order chi connectivity index (χ1) is 14.2. The van der Waals surface area contributed by atoms with Gasteiger partial charge in [0.25, 0.3) is 11.8 Å². The van der Waals surface area contributed by atoms with Crippen molar-refractivity contribution in [1.82, 2.24) is 5.01 Å². The van der Waals surface area contributed by atoms with Gasteiger partial charge in [-0.2, -0.15) is 10.1 Å². The molecule has 1 saturated carbocycles. The summed E-state index contributed by atoms with van der Waals surface area (Å²) in [7, 11) is 0. The van der Waals surface area contributed by atoms with Crippen LogP contribution in [0, 0.1) is 23.7 Å². The Bertz CT molecular complexity index is 1010. The van der Waals surface area contributed by atoms with Crippen LogP contribution in [-0.2, 0) is 9.59 Å². The predicted octanol–water partition coefficient (Wildman–Crippen LogP) is 4.16. The highest BCUT2D eigenvalue weighted by Gasteiger charge is 2.56. The fourth-order valence-corrected chi connectivity index (χ4v) is 5.03. The van der Waals surface area contributed by atoms with Crippen LogP contribution in [0.25, 0.3) is 10.8 Å². The fourth-order valence-electron chi connectivity index (χ4n) is 5.03. The Kier molecular flexibility index (Phi) is 4.46. The summed E-state index contributed by atoms with van der Waals surface area (Å²) < 4.78 is 5.91. The molecule has 148 valence electrons. The van der Waals surface area contributed by atoms with Crippen molar-refractivity contribution in [2.24, 2.45) is 28.8 Å². The van der Waals surface area contributed by atoms with E-state index >= 15 is 0 Å². The number of benzene rings is 2. The molecule has 5 nitrogen and oxygen atoms in total. The minimum atomic E-state index is -0.244. The number of hydrazone groups is 1. The average Bonchev–Trinajstić information content (AvgIpc) is 3.04. The third kappa shape index (κ3) is 2.87. The molecule has 0 spiro atoms. The molecule has 2 aromatic carbocycles. The zero-order valence-corrected chi connectivity index (χ0v) is 16.5. The van der Waals surface area contributed by atoms with E-state index in [-0.39, 0.29) is 35.5 Å². The smallest absolute Gasteiger partial charge is 0.254 e. The van der Waals surface area contributed by atoms with Crippen molar-refractivity contribution in [2.75, 3.05) is 6.61 Å². The van der Waals surface area contributed by atoms with Crippen molar-refractivity contribution in [3.8, 4) is 5.75 Å². The number of fused-ring (bicyclic) bond motifs is 2. The van der Waals surface area contributed by atoms with Crippen molar-refractivity contribution < 1.29 is 14.3 Å². The van der Waals surface area contributed by atoms with Gasteiger partial charge in [-0.1, -0.05) is 49.4 Å². The molecule has 0 aromatic heterocycles. The van der Waals surface area contributed by atoms with Crippen LogP contribution in [0.3, 0.4) is 0 Å². The van der Waals surface area contributed by atoms with E-state index in [2.05, 4.69) is 24.2 Å². The second-order valence-electron chi connectivity index (χ2n) is 8.12. The number of carbonyl (C=O) groups excluding carboxylic acids is 2. The number of allylic oxidation sites excluding steroid dienone is 2.